The third-order valence-electron chi connectivity index (χ3n) is 5.87. The van der Waals surface area contributed by atoms with E-state index < -0.39 is 0 Å². The van der Waals surface area contributed by atoms with Crippen LogP contribution in [0.4, 0.5) is 0 Å². The molecule has 2 aliphatic heterocycles. The molecule has 1 saturated heterocycles. The van der Waals surface area contributed by atoms with Gasteiger partial charge in [-0.3, -0.25) is 9.89 Å². The molecule has 1 aromatic carbocycles. The number of para-hydroxylation sites is 1. The molecule has 0 aliphatic carbocycles. The Kier molecular flexibility index (Phi) is 6.29. The Labute approximate surface area is 172 Å². The number of guanidine groups is 1. The lowest BCUT2D eigenvalue weighted by Gasteiger charge is -2.30. The molecule has 156 valence electrons. The van der Waals surface area contributed by atoms with Crippen molar-refractivity contribution >= 4 is 5.96 Å². The normalized spacial score (nSPS) is 17.9. The number of ether oxygens (including phenoxy) is 1. The smallest absolute Gasteiger partial charge is 0.191 e. The Balaban J connectivity index is 1.41. The first-order valence-electron chi connectivity index (χ1n) is 10.5. The lowest BCUT2D eigenvalue weighted by atomic mass is 10.0. The average molecular weight is 398 g/mol. The highest BCUT2D eigenvalue weighted by molar-refractivity contribution is 5.79. The third kappa shape index (κ3) is 4.37. The quantitative estimate of drug-likeness (QED) is 0.547. The number of nitrogens with one attached hydrogen (secondary N) is 2. The van der Waals surface area contributed by atoms with Crippen molar-refractivity contribution in [2.75, 3.05) is 33.8 Å². The highest BCUT2D eigenvalue weighted by Crippen LogP contribution is 2.31. The van der Waals surface area contributed by atoms with Crippen LogP contribution in [0.2, 0.25) is 0 Å². The minimum atomic E-state index is 0.240. The minimum Gasteiger partial charge on any atom is -0.496 e. The van der Waals surface area contributed by atoms with E-state index in [-0.39, 0.29) is 6.04 Å². The molecule has 4 rings (SSSR count). The summed E-state index contributed by atoms with van der Waals surface area (Å²) in [5, 5.41) is 15.5. The molecule has 0 radical (unpaired) electrons. The van der Waals surface area contributed by atoms with Crippen molar-refractivity contribution in [2.45, 2.75) is 44.8 Å². The molecule has 1 fully saturated rings. The predicted molar refractivity (Wildman–Crippen MR) is 113 cm³/mol. The van der Waals surface area contributed by atoms with Gasteiger partial charge in [-0.15, -0.1) is 10.2 Å². The monoisotopic (exact) mass is 397 g/mol. The first kappa shape index (κ1) is 19.7. The summed E-state index contributed by atoms with van der Waals surface area (Å²) in [6.07, 6.45) is 4.67. The van der Waals surface area contributed by atoms with E-state index in [1.165, 1.54) is 18.4 Å². The van der Waals surface area contributed by atoms with E-state index in [2.05, 4.69) is 47.4 Å². The lowest BCUT2D eigenvalue weighted by Crippen LogP contribution is -2.42. The van der Waals surface area contributed by atoms with E-state index in [1.54, 1.807) is 14.2 Å². The van der Waals surface area contributed by atoms with Crippen molar-refractivity contribution in [1.29, 1.82) is 0 Å². The van der Waals surface area contributed by atoms with Crippen LogP contribution >= 0.6 is 0 Å². The summed E-state index contributed by atoms with van der Waals surface area (Å²) in [6, 6.07) is 8.55. The largest absolute Gasteiger partial charge is 0.496 e. The van der Waals surface area contributed by atoms with Gasteiger partial charge in [0.15, 0.2) is 11.8 Å². The maximum absolute atomic E-state index is 5.64. The number of fused-ring (bicyclic) bond motifs is 1. The average Bonchev–Trinajstić information content (AvgIpc) is 3.50. The standard InChI is InChI=1S/C21H31N7O/c1-22-21(24-15-20-26-25-19-10-7-13-28(19)20)23-14-17(27-11-5-6-12-27)16-8-3-4-9-18(16)29-2/h3-4,8-9,17H,5-7,10-15H2,1-2H3,(H2,22,23,24). The van der Waals surface area contributed by atoms with Gasteiger partial charge >= 0.3 is 0 Å². The lowest BCUT2D eigenvalue weighted by molar-refractivity contribution is 0.239. The molecule has 2 N–H and O–H groups in total. The van der Waals surface area contributed by atoms with E-state index in [1.807, 2.05) is 12.1 Å². The Bertz CT molecular complexity index is 841. The molecular formula is C21H31N7O. The number of benzene rings is 1. The van der Waals surface area contributed by atoms with Crippen LogP contribution in [0.25, 0.3) is 0 Å². The second kappa shape index (κ2) is 9.26. The fraction of sp³-hybridized carbons (Fsp3) is 0.571. The maximum atomic E-state index is 5.64. The minimum absolute atomic E-state index is 0.240. The summed E-state index contributed by atoms with van der Waals surface area (Å²) in [5.41, 5.74) is 1.22. The van der Waals surface area contributed by atoms with Crippen LogP contribution in [0.3, 0.4) is 0 Å². The Morgan fingerprint density at radius 2 is 1.97 bits per heavy atom. The zero-order chi connectivity index (χ0) is 20.1. The molecule has 0 bridgehead atoms. The van der Waals surface area contributed by atoms with Crippen molar-refractivity contribution in [2.24, 2.45) is 4.99 Å². The van der Waals surface area contributed by atoms with Crippen molar-refractivity contribution in [3.63, 3.8) is 0 Å². The number of nitrogens with zero attached hydrogens (tertiary/aromatic N) is 5. The van der Waals surface area contributed by atoms with Crippen LogP contribution in [0.15, 0.2) is 29.3 Å². The summed E-state index contributed by atoms with van der Waals surface area (Å²) in [7, 11) is 3.54. The van der Waals surface area contributed by atoms with Crippen molar-refractivity contribution in [3.8, 4) is 5.75 Å². The van der Waals surface area contributed by atoms with Gasteiger partial charge in [-0.25, -0.2) is 0 Å². The van der Waals surface area contributed by atoms with Crippen molar-refractivity contribution < 1.29 is 4.74 Å². The summed E-state index contributed by atoms with van der Waals surface area (Å²) in [6.45, 7) is 4.62. The second-order valence-electron chi connectivity index (χ2n) is 7.60. The molecule has 3 heterocycles. The number of aliphatic imine (C=N–C) groups is 1. The molecule has 1 atom stereocenters. The Hall–Kier alpha value is -2.61. The van der Waals surface area contributed by atoms with Gasteiger partial charge in [0.1, 0.15) is 11.6 Å². The topological polar surface area (TPSA) is 79.6 Å². The SMILES string of the molecule is CN=C(NCc1nnc2n1CCC2)NCC(c1ccccc1OC)N1CCCC1. The molecule has 2 aliphatic rings. The van der Waals surface area contributed by atoms with E-state index in [9.17, 15) is 0 Å². The van der Waals surface area contributed by atoms with Gasteiger partial charge in [0.25, 0.3) is 0 Å². The van der Waals surface area contributed by atoms with E-state index in [4.69, 9.17) is 4.74 Å². The zero-order valence-corrected chi connectivity index (χ0v) is 17.4. The van der Waals surface area contributed by atoms with Crippen LogP contribution in [-0.4, -0.2) is 59.4 Å². The van der Waals surface area contributed by atoms with Crippen LogP contribution in [0, 0.1) is 0 Å². The predicted octanol–water partition coefficient (Wildman–Crippen LogP) is 1.73. The first-order chi connectivity index (χ1) is 14.3. The van der Waals surface area contributed by atoms with E-state index >= 15 is 0 Å². The Morgan fingerprint density at radius 3 is 2.76 bits per heavy atom. The highest BCUT2D eigenvalue weighted by atomic mass is 16.5. The van der Waals surface area contributed by atoms with Crippen molar-refractivity contribution in [3.05, 3.63) is 41.5 Å². The molecule has 1 unspecified atom stereocenters. The summed E-state index contributed by atoms with van der Waals surface area (Å²) >= 11 is 0. The van der Waals surface area contributed by atoms with Crippen LogP contribution in [-0.2, 0) is 19.5 Å². The van der Waals surface area contributed by atoms with Gasteiger partial charge in [-0.2, -0.15) is 0 Å². The van der Waals surface area contributed by atoms with Gasteiger partial charge in [0, 0.05) is 32.1 Å². The zero-order valence-electron chi connectivity index (χ0n) is 17.4. The second-order valence-corrected chi connectivity index (χ2v) is 7.60. The van der Waals surface area contributed by atoms with Crippen molar-refractivity contribution in [1.82, 2.24) is 30.3 Å². The molecule has 0 spiro atoms. The van der Waals surface area contributed by atoms with E-state index in [0.29, 0.717) is 6.54 Å². The van der Waals surface area contributed by atoms with Crippen LogP contribution < -0.4 is 15.4 Å². The molecule has 8 heteroatoms. The molecule has 1 aromatic heterocycles. The first-order valence-corrected chi connectivity index (χ1v) is 10.5. The van der Waals surface area contributed by atoms with Gasteiger partial charge in [-0.05, 0) is 38.4 Å². The van der Waals surface area contributed by atoms with E-state index in [0.717, 1.165) is 62.4 Å². The molecule has 29 heavy (non-hydrogen) atoms. The van der Waals surface area contributed by atoms with Crippen LogP contribution in [0.1, 0.15) is 42.5 Å². The number of hydrogen-bond donors (Lipinski definition) is 2. The molecule has 8 nitrogen and oxygen atoms in total. The number of hydrogen-bond acceptors (Lipinski definition) is 5. The highest BCUT2D eigenvalue weighted by Gasteiger charge is 2.26. The summed E-state index contributed by atoms with van der Waals surface area (Å²) < 4.78 is 7.85. The summed E-state index contributed by atoms with van der Waals surface area (Å²) in [5.74, 6) is 3.78. The number of likely N-dealkylation sites (tertiary alicyclic amines) is 1. The molecule has 2 aromatic rings. The number of aryl methyl sites for hydroxylation is 1. The molecular weight excluding hydrogens is 366 g/mol. The Morgan fingerprint density at radius 1 is 1.14 bits per heavy atom. The molecule has 0 amide bonds. The van der Waals surface area contributed by atoms with Gasteiger partial charge in [0.05, 0.1) is 19.7 Å². The van der Waals surface area contributed by atoms with Crippen LogP contribution in [0.5, 0.6) is 5.75 Å². The van der Waals surface area contributed by atoms with Gasteiger partial charge in [0.2, 0.25) is 0 Å². The summed E-state index contributed by atoms with van der Waals surface area (Å²) in [4.78, 5) is 6.93. The van der Waals surface area contributed by atoms with Gasteiger partial charge in [-0.1, -0.05) is 18.2 Å². The number of aromatic nitrogens is 3. The fourth-order valence-electron chi connectivity index (χ4n) is 4.35. The van der Waals surface area contributed by atoms with Gasteiger partial charge < -0.3 is 19.9 Å². The number of rotatable bonds is 7. The maximum Gasteiger partial charge on any atom is 0.191 e. The molecule has 0 saturated carbocycles. The number of methoxy groups -OCH3 is 1. The third-order valence-corrected chi connectivity index (χ3v) is 5.87. The fourth-order valence-corrected chi connectivity index (χ4v) is 4.35.